The van der Waals surface area contributed by atoms with E-state index in [0.29, 0.717) is 24.7 Å². The SMILES string of the molecule is CCOC(=O)c1ncnc(OCC)c1C. The van der Waals surface area contributed by atoms with Gasteiger partial charge in [0.2, 0.25) is 5.88 Å². The molecule has 0 aromatic carbocycles. The Kier molecular flexibility index (Phi) is 4.03. The van der Waals surface area contributed by atoms with E-state index in [0.717, 1.165) is 0 Å². The van der Waals surface area contributed by atoms with E-state index in [1.807, 2.05) is 6.92 Å². The topological polar surface area (TPSA) is 61.3 Å². The van der Waals surface area contributed by atoms with Crippen LogP contribution in [0.5, 0.6) is 5.88 Å². The summed E-state index contributed by atoms with van der Waals surface area (Å²) in [6, 6.07) is 0. The summed E-state index contributed by atoms with van der Waals surface area (Å²) in [6.07, 6.45) is 1.30. The molecule has 0 saturated carbocycles. The number of ether oxygens (including phenoxy) is 2. The van der Waals surface area contributed by atoms with Gasteiger partial charge in [-0.3, -0.25) is 0 Å². The van der Waals surface area contributed by atoms with Gasteiger partial charge in [0.25, 0.3) is 0 Å². The Hall–Kier alpha value is -1.65. The number of carbonyl (C=O) groups excluding carboxylic acids is 1. The van der Waals surface area contributed by atoms with Crippen LogP contribution in [0.3, 0.4) is 0 Å². The molecule has 1 heterocycles. The zero-order valence-corrected chi connectivity index (χ0v) is 9.11. The summed E-state index contributed by atoms with van der Waals surface area (Å²) in [5, 5.41) is 0. The van der Waals surface area contributed by atoms with Gasteiger partial charge in [0, 0.05) is 5.56 Å². The summed E-state index contributed by atoms with van der Waals surface area (Å²) in [7, 11) is 0. The van der Waals surface area contributed by atoms with E-state index in [1.165, 1.54) is 6.33 Å². The number of nitrogens with zero attached hydrogens (tertiary/aromatic N) is 2. The van der Waals surface area contributed by atoms with Crippen molar-refractivity contribution in [1.29, 1.82) is 0 Å². The van der Waals surface area contributed by atoms with Crippen LogP contribution in [-0.4, -0.2) is 29.2 Å². The lowest BCUT2D eigenvalue weighted by Crippen LogP contribution is -2.11. The Bertz CT molecular complexity index is 353. The van der Waals surface area contributed by atoms with Crippen LogP contribution in [0.4, 0.5) is 0 Å². The van der Waals surface area contributed by atoms with E-state index in [-0.39, 0.29) is 5.69 Å². The van der Waals surface area contributed by atoms with Crippen molar-refractivity contribution in [2.75, 3.05) is 13.2 Å². The first-order valence-electron chi connectivity index (χ1n) is 4.82. The second-order valence-electron chi connectivity index (χ2n) is 2.81. The molecule has 0 N–H and O–H groups in total. The van der Waals surface area contributed by atoms with Crippen LogP contribution in [0.2, 0.25) is 0 Å². The first-order valence-corrected chi connectivity index (χ1v) is 4.82. The van der Waals surface area contributed by atoms with E-state index in [2.05, 4.69) is 9.97 Å². The second-order valence-corrected chi connectivity index (χ2v) is 2.81. The normalized spacial score (nSPS) is 9.80. The predicted octanol–water partition coefficient (Wildman–Crippen LogP) is 1.36. The lowest BCUT2D eigenvalue weighted by molar-refractivity contribution is 0.0517. The zero-order chi connectivity index (χ0) is 11.3. The quantitative estimate of drug-likeness (QED) is 0.702. The summed E-state index contributed by atoms with van der Waals surface area (Å²) in [4.78, 5) is 19.3. The van der Waals surface area contributed by atoms with Crippen molar-refractivity contribution >= 4 is 5.97 Å². The summed E-state index contributed by atoms with van der Waals surface area (Å²) in [6.45, 7) is 6.16. The molecule has 0 aliphatic rings. The van der Waals surface area contributed by atoms with Crippen molar-refractivity contribution < 1.29 is 14.3 Å². The lowest BCUT2D eigenvalue weighted by atomic mass is 10.2. The van der Waals surface area contributed by atoms with Gasteiger partial charge in [0.1, 0.15) is 6.33 Å². The minimum atomic E-state index is -0.446. The fraction of sp³-hybridized carbons (Fsp3) is 0.500. The highest BCUT2D eigenvalue weighted by Gasteiger charge is 2.15. The van der Waals surface area contributed by atoms with Crippen molar-refractivity contribution in [3.63, 3.8) is 0 Å². The number of rotatable bonds is 4. The first kappa shape index (κ1) is 11.4. The largest absolute Gasteiger partial charge is 0.478 e. The molecule has 0 unspecified atom stereocenters. The Morgan fingerprint density at radius 3 is 2.67 bits per heavy atom. The number of carbonyl (C=O) groups is 1. The molecule has 15 heavy (non-hydrogen) atoms. The third-order valence-electron chi connectivity index (χ3n) is 1.79. The lowest BCUT2D eigenvalue weighted by Gasteiger charge is -2.08. The predicted molar refractivity (Wildman–Crippen MR) is 53.9 cm³/mol. The minimum absolute atomic E-state index is 0.260. The van der Waals surface area contributed by atoms with Gasteiger partial charge in [-0.2, -0.15) is 0 Å². The molecule has 5 heteroatoms. The average Bonchev–Trinajstić information content (AvgIpc) is 2.22. The second kappa shape index (κ2) is 5.29. The summed E-state index contributed by atoms with van der Waals surface area (Å²) >= 11 is 0. The molecule has 0 radical (unpaired) electrons. The maximum Gasteiger partial charge on any atom is 0.357 e. The molecule has 0 bridgehead atoms. The Balaban J connectivity index is 2.98. The molecule has 0 aliphatic carbocycles. The molecule has 1 aromatic rings. The van der Waals surface area contributed by atoms with Crippen molar-refractivity contribution in [1.82, 2.24) is 9.97 Å². The Morgan fingerprint density at radius 2 is 2.07 bits per heavy atom. The molecule has 0 aliphatic heterocycles. The van der Waals surface area contributed by atoms with Crippen LogP contribution in [0.15, 0.2) is 6.33 Å². The number of hydrogen-bond donors (Lipinski definition) is 0. The fourth-order valence-electron chi connectivity index (χ4n) is 1.12. The molecule has 0 atom stereocenters. The first-order chi connectivity index (χ1) is 7.20. The number of aromatic nitrogens is 2. The maximum absolute atomic E-state index is 11.5. The van der Waals surface area contributed by atoms with Gasteiger partial charge >= 0.3 is 5.97 Å². The monoisotopic (exact) mass is 210 g/mol. The van der Waals surface area contributed by atoms with E-state index >= 15 is 0 Å². The van der Waals surface area contributed by atoms with Crippen LogP contribution in [0.1, 0.15) is 29.9 Å². The van der Waals surface area contributed by atoms with E-state index in [4.69, 9.17) is 9.47 Å². The standard InChI is InChI=1S/C10H14N2O3/c1-4-14-9-7(3)8(11-6-12-9)10(13)15-5-2/h6H,4-5H2,1-3H3. The van der Waals surface area contributed by atoms with Crippen LogP contribution in [0.25, 0.3) is 0 Å². The van der Waals surface area contributed by atoms with E-state index < -0.39 is 5.97 Å². The van der Waals surface area contributed by atoms with Gasteiger partial charge in [-0.15, -0.1) is 0 Å². The summed E-state index contributed by atoms with van der Waals surface area (Å²) in [5.74, 6) is -0.0195. The number of hydrogen-bond acceptors (Lipinski definition) is 5. The molecule has 5 nitrogen and oxygen atoms in total. The number of esters is 1. The van der Waals surface area contributed by atoms with Crippen molar-refractivity contribution in [3.8, 4) is 5.88 Å². The Labute approximate surface area is 88.4 Å². The van der Waals surface area contributed by atoms with Crippen molar-refractivity contribution in [2.24, 2.45) is 0 Å². The molecule has 0 saturated heterocycles. The molecule has 1 rings (SSSR count). The summed E-state index contributed by atoms with van der Waals surface area (Å²) in [5.41, 5.74) is 0.869. The van der Waals surface area contributed by atoms with Gasteiger partial charge in [0.05, 0.1) is 13.2 Å². The molecular weight excluding hydrogens is 196 g/mol. The van der Waals surface area contributed by atoms with Gasteiger partial charge in [-0.05, 0) is 20.8 Å². The van der Waals surface area contributed by atoms with Crippen molar-refractivity contribution in [2.45, 2.75) is 20.8 Å². The molecule has 0 spiro atoms. The third kappa shape index (κ3) is 2.65. The zero-order valence-electron chi connectivity index (χ0n) is 9.11. The highest BCUT2D eigenvalue weighted by Crippen LogP contribution is 2.16. The van der Waals surface area contributed by atoms with Crippen LogP contribution < -0.4 is 4.74 Å². The molecular formula is C10H14N2O3. The smallest absolute Gasteiger partial charge is 0.357 e. The average molecular weight is 210 g/mol. The van der Waals surface area contributed by atoms with Crippen LogP contribution in [-0.2, 0) is 4.74 Å². The van der Waals surface area contributed by atoms with Gasteiger partial charge < -0.3 is 9.47 Å². The highest BCUT2D eigenvalue weighted by molar-refractivity contribution is 5.89. The highest BCUT2D eigenvalue weighted by atomic mass is 16.5. The third-order valence-corrected chi connectivity index (χ3v) is 1.79. The van der Waals surface area contributed by atoms with Gasteiger partial charge in [-0.1, -0.05) is 0 Å². The molecule has 1 aromatic heterocycles. The van der Waals surface area contributed by atoms with Crippen LogP contribution >= 0.6 is 0 Å². The van der Waals surface area contributed by atoms with Gasteiger partial charge in [0.15, 0.2) is 5.69 Å². The van der Waals surface area contributed by atoms with Crippen LogP contribution in [0, 0.1) is 6.92 Å². The minimum Gasteiger partial charge on any atom is -0.478 e. The molecule has 0 amide bonds. The summed E-state index contributed by atoms with van der Waals surface area (Å²) < 4.78 is 10.1. The molecule has 82 valence electrons. The van der Waals surface area contributed by atoms with Gasteiger partial charge in [-0.25, -0.2) is 14.8 Å². The van der Waals surface area contributed by atoms with Crippen molar-refractivity contribution in [3.05, 3.63) is 17.6 Å². The van der Waals surface area contributed by atoms with E-state index in [1.54, 1.807) is 13.8 Å². The maximum atomic E-state index is 11.5. The Morgan fingerprint density at radius 1 is 1.33 bits per heavy atom. The fourth-order valence-corrected chi connectivity index (χ4v) is 1.12. The van der Waals surface area contributed by atoms with E-state index in [9.17, 15) is 4.79 Å². The molecule has 0 fully saturated rings.